The Kier molecular flexibility index (Phi) is 9.16. The molecule has 0 aromatic rings. The third kappa shape index (κ3) is 10.9. The molecular weight excluding hydrogens is 298 g/mol. The van der Waals surface area contributed by atoms with Crippen molar-refractivity contribution in [3.05, 3.63) is 0 Å². The standard InChI is InChI=1S/C16H33N3O4/c1-15(2,3)23-14(21)18-9-7-8-12(10-22-6)19-11-16(4,5)13(17)20/h12,19H,7-11H2,1-6H3,(H2,17,20)(H,18,21). The number of rotatable bonds is 10. The summed E-state index contributed by atoms with van der Waals surface area (Å²) in [5.74, 6) is -0.340. The monoisotopic (exact) mass is 331 g/mol. The predicted molar refractivity (Wildman–Crippen MR) is 90.1 cm³/mol. The molecule has 4 N–H and O–H groups in total. The van der Waals surface area contributed by atoms with Crippen LogP contribution < -0.4 is 16.4 Å². The van der Waals surface area contributed by atoms with Gasteiger partial charge in [0.25, 0.3) is 0 Å². The molecule has 0 spiro atoms. The smallest absolute Gasteiger partial charge is 0.407 e. The van der Waals surface area contributed by atoms with Crippen molar-refractivity contribution >= 4 is 12.0 Å². The Hall–Kier alpha value is -1.34. The summed E-state index contributed by atoms with van der Waals surface area (Å²) in [7, 11) is 1.63. The van der Waals surface area contributed by atoms with Crippen molar-refractivity contribution in [3.8, 4) is 0 Å². The van der Waals surface area contributed by atoms with Gasteiger partial charge in [0.05, 0.1) is 12.0 Å². The van der Waals surface area contributed by atoms with E-state index in [9.17, 15) is 9.59 Å². The molecule has 0 heterocycles. The van der Waals surface area contributed by atoms with E-state index in [4.69, 9.17) is 15.2 Å². The summed E-state index contributed by atoms with van der Waals surface area (Å²) in [5, 5.41) is 6.02. The number of nitrogens with two attached hydrogens (primary N) is 1. The van der Waals surface area contributed by atoms with Crippen molar-refractivity contribution in [3.63, 3.8) is 0 Å². The van der Waals surface area contributed by atoms with Crippen LogP contribution in [0.5, 0.6) is 0 Å². The van der Waals surface area contributed by atoms with E-state index in [2.05, 4.69) is 10.6 Å². The maximum absolute atomic E-state index is 11.5. The van der Waals surface area contributed by atoms with Crippen LogP contribution in [0.25, 0.3) is 0 Å². The van der Waals surface area contributed by atoms with Crippen molar-refractivity contribution in [1.29, 1.82) is 0 Å². The highest BCUT2D eigenvalue weighted by molar-refractivity contribution is 5.80. The van der Waals surface area contributed by atoms with Gasteiger partial charge < -0.3 is 25.8 Å². The molecular formula is C16H33N3O4. The summed E-state index contributed by atoms with van der Waals surface area (Å²) in [6.07, 6.45) is 1.17. The van der Waals surface area contributed by atoms with Gasteiger partial charge in [0.15, 0.2) is 0 Å². The fourth-order valence-corrected chi connectivity index (χ4v) is 1.79. The first-order chi connectivity index (χ1) is 10.5. The molecule has 0 rings (SSSR count). The summed E-state index contributed by atoms with van der Waals surface area (Å²) < 4.78 is 10.4. The maximum Gasteiger partial charge on any atom is 0.407 e. The minimum atomic E-state index is -0.610. The van der Waals surface area contributed by atoms with Crippen molar-refractivity contribution in [1.82, 2.24) is 10.6 Å². The first-order valence-electron chi connectivity index (χ1n) is 7.97. The Bertz CT molecular complexity index is 378. The van der Waals surface area contributed by atoms with Gasteiger partial charge in [0, 0.05) is 26.2 Å². The average Bonchev–Trinajstić information content (AvgIpc) is 2.38. The fraction of sp³-hybridized carbons (Fsp3) is 0.875. The molecule has 1 atom stereocenters. The van der Waals surface area contributed by atoms with Gasteiger partial charge in [-0.1, -0.05) is 0 Å². The van der Waals surface area contributed by atoms with Crippen molar-refractivity contribution in [2.75, 3.05) is 26.8 Å². The number of amides is 2. The largest absolute Gasteiger partial charge is 0.444 e. The molecule has 0 aliphatic rings. The fourth-order valence-electron chi connectivity index (χ4n) is 1.79. The van der Waals surface area contributed by atoms with Crippen LogP contribution in [0, 0.1) is 5.41 Å². The molecule has 0 fully saturated rings. The second-order valence-corrected chi connectivity index (χ2v) is 7.35. The summed E-state index contributed by atoms with van der Waals surface area (Å²) in [6.45, 7) is 10.6. The first-order valence-corrected chi connectivity index (χ1v) is 7.97. The zero-order chi connectivity index (χ0) is 18.1. The second-order valence-electron chi connectivity index (χ2n) is 7.35. The minimum Gasteiger partial charge on any atom is -0.444 e. The van der Waals surface area contributed by atoms with Crippen LogP contribution in [-0.2, 0) is 14.3 Å². The Labute approximate surface area is 139 Å². The zero-order valence-corrected chi connectivity index (χ0v) is 15.3. The molecule has 7 nitrogen and oxygen atoms in total. The normalized spacial score (nSPS) is 13.5. The number of carbonyl (C=O) groups excluding carboxylic acids is 2. The van der Waals surface area contributed by atoms with Crippen LogP contribution in [0.3, 0.4) is 0 Å². The molecule has 0 aliphatic heterocycles. The molecule has 136 valence electrons. The molecule has 0 radical (unpaired) electrons. The molecule has 0 aliphatic carbocycles. The van der Waals surface area contributed by atoms with Crippen LogP contribution in [0.4, 0.5) is 4.79 Å². The van der Waals surface area contributed by atoms with Crippen LogP contribution >= 0.6 is 0 Å². The lowest BCUT2D eigenvalue weighted by atomic mass is 9.92. The summed E-state index contributed by atoms with van der Waals surface area (Å²) in [5.41, 5.74) is 4.26. The lowest BCUT2D eigenvalue weighted by Gasteiger charge is -2.25. The van der Waals surface area contributed by atoms with Crippen molar-refractivity contribution < 1.29 is 19.1 Å². The zero-order valence-electron chi connectivity index (χ0n) is 15.3. The lowest BCUT2D eigenvalue weighted by Crippen LogP contribution is -2.45. The highest BCUT2D eigenvalue weighted by Crippen LogP contribution is 2.13. The lowest BCUT2D eigenvalue weighted by molar-refractivity contribution is -0.125. The molecule has 0 saturated heterocycles. The number of methoxy groups -OCH3 is 1. The SMILES string of the molecule is COCC(CCCNC(=O)OC(C)(C)C)NCC(C)(C)C(N)=O. The van der Waals surface area contributed by atoms with E-state index in [0.717, 1.165) is 12.8 Å². The predicted octanol–water partition coefficient (Wildman–Crippen LogP) is 1.41. The summed E-state index contributed by atoms with van der Waals surface area (Å²) >= 11 is 0. The van der Waals surface area contributed by atoms with E-state index < -0.39 is 17.1 Å². The van der Waals surface area contributed by atoms with Gasteiger partial charge >= 0.3 is 6.09 Å². The number of carbonyl (C=O) groups is 2. The summed E-state index contributed by atoms with van der Waals surface area (Å²) in [6, 6.07) is 0.0964. The van der Waals surface area contributed by atoms with Gasteiger partial charge in [0.2, 0.25) is 5.91 Å². The van der Waals surface area contributed by atoms with Gasteiger partial charge in [-0.25, -0.2) is 4.79 Å². The molecule has 0 aromatic heterocycles. The van der Waals surface area contributed by atoms with Crippen LogP contribution in [0.15, 0.2) is 0 Å². The third-order valence-corrected chi connectivity index (χ3v) is 3.27. The van der Waals surface area contributed by atoms with Gasteiger partial charge in [0.1, 0.15) is 5.60 Å². The molecule has 7 heteroatoms. The molecule has 0 bridgehead atoms. The maximum atomic E-state index is 11.5. The average molecular weight is 331 g/mol. The van der Waals surface area contributed by atoms with E-state index in [1.807, 2.05) is 20.8 Å². The van der Waals surface area contributed by atoms with Gasteiger partial charge in [-0.3, -0.25) is 4.79 Å². The van der Waals surface area contributed by atoms with Gasteiger partial charge in [-0.05, 0) is 47.5 Å². The summed E-state index contributed by atoms with van der Waals surface area (Å²) in [4.78, 5) is 22.9. The highest BCUT2D eigenvalue weighted by atomic mass is 16.6. The Morgan fingerprint density at radius 2 is 1.78 bits per heavy atom. The van der Waals surface area contributed by atoms with Gasteiger partial charge in [-0.15, -0.1) is 0 Å². The van der Waals surface area contributed by atoms with Crippen LogP contribution in [-0.4, -0.2) is 50.4 Å². The molecule has 1 unspecified atom stereocenters. The van der Waals surface area contributed by atoms with Crippen LogP contribution in [0.1, 0.15) is 47.5 Å². The van der Waals surface area contributed by atoms with E-state index >= 15 is 0 Å². The molecule has 23 heavy (non-hydrogen) atoms. The number of hydrogen-bond acceptors (Lipinski definition) is 5. The van der Waals surface area contributed by atoms with E-state index in [0.29, 0.717) is 19.7 Å². The Balaban J connectivity index is 4.10. The number of ether oxygens (including phenoxy) is 2. The molecule has 2 amide bonds. The highest BCUT2D eigenvalue weighted by Gasteiger charge is 2.25. The van der Waals surface area contributed by atoms with E-state index in [-0.39, 0.29) is 11.9 Å². The van der Waals surface area contributed by atoms with E-state index in [1.54, 1.807) is 21.0 Å². The molecule has 0 saturated carbocycles. The third-order valence-electron chi connectivity index (χ3n) is 3.27. The quantitative estimate of drug-likeness (QED) is 0.525. The minimum absolute atomic E-state index is 0.0964. The second kappa shape index (κ2) is 9.72. The number of alkyl carbamates (subject to hydrolysis) is 1. The number of hydrogen-bond donors (Lipinski definition) is 3. The van der Waals surface area contributed by atoms with Crippen molar-refractivity contribution in [2.45, 2.75) is 59.1 Å². The number of primary amides is 1. The van der Waals surface area contributed by atoms with Crippen molar-refractivity contribution in [2.24, 2.45) is 11.1 Å². The molecule has 0 aromatic carbocycles. The van der Waals surface area contributed by atoms with Gasteiger partial charge in [-0.2, -0.15) is 0 Å². The number of nitrogens with one attached hydrogen (secondary N) is 2. The van der Waals surface area contributed by atoms with Crippen LogP contribution in [0.2, 0.25) is 0 Å². The first kappa shape index (κ1) is 21.7. The Morgan fingerprint density at radius 3 is 2.26 bits per heavy atom. The van der Waals surface area contributed by atoms with E-state index in [1.165, 1.54) is 0 Å². The topological polar surface area (TPSA) is 103 Å². The Morgan fingerprint density at radius 1 is 1.17 bits per heavy atom.